The first-order valence-electron chi connectivity index (χ1n) is 14.8. The van der Waals surface area contributed by atoms with Gasteiger partial charge in [-0.3, -0.25) is 14.4 Å². The fraction of sp³-hybridized carbons (Fsp3) is 0.531. The molecule has 1 spiro atoms. The van der Waals surface area contributed by atoms with E-state index >= 15 is 0 Å². The number of nitrogens with one attached hydrogen (secondary N) is 2. The number of amides is 3. The largest absolute Gasteiger partial charge is 0.494 e. The minimum Gasteiger partial charge on any atom is -0.494 e. The molecule has 3 aliphatic rings. The van der Waals surface area contributed by atoms with Gasteiger partial charge in [-0.25, -0.2) is 0 Å². The highest BCUT2D eigenvalue weighted by Crippen LogP contribution is 2.66. The molecule has 2 unspecified atom stereocenters. The zero-order valence-electron chi connectivity index (χ0n) is 24.2. The summed E-state index contributed by atoms with van der Waals surface area (Å²) in [6.07, 6.45) is 4.74. The van der Waals surface area contributed by atoms with Crippen molar-refractivity contribution in [3.8, 4) is 5.75 Å². The van der Waals surface area contributed by atoms with Crippen molar-refractivity contribution in [2.45, 2.75) is 75.3 Å². The second-order valence-electron chi connectivity index (χ2n) is 11.4. The maximum atomic E-state index is 14.2. The molecule has 0 radical (unpaired) electrons. The van der Waals surface area contributed by atoms with Crippen LogP contribution in [-0.2, 0) is 14.4 Å². The first kappa shape index (κ1) is 29.5. The van der Waals surface area contributed by atoms with Crippen LogP contribution in [0.5, 0.6) is 5.75 Å². The molecule has 41 heavy (non-hydrogen) atoms. The molecule has 3 aliphatic heterocycles. The van der Waals surface area contributed by atoms with Crippen molar-refractivity contribution < 1.29 is 24.2 Å². The van der Waals surface area contributed by atoms with E-state index in [1.165, 1.54) is 0 Å². The average Bonchev–Trinajstić information content (AvgIpc) is 3.59. The second kappa shape index (κ2) is 12.4. The number of aliphatic hydroxyl groups excluding tert-OH is 1. The van der Waals surface area contributed by atoms with Gasteiger partial charge in [0.25, 0.3) is 0 Å². The van der Waals surface area contributed by atoms with E-state index in [-0.39, 0.29) is 29.6 Å². The van der Waals surface area contributed by atoms with Crippen LogP contribution >= 0.6 is 11.8 Å². The van der Waals surface area contributed by atoms with Gasteiger partial charge in [-0.15, -0.1) is 11.8 Å². The maximum Gasteiger partial charge on any atom is 0.248 e. The Morgan fingerprint density at radius 1 is 1.02 bits per heavy atom. The second-order valence-corrected chi connectivity index (χ2v) is 13.0. The molecule has 8 nitrogen and oxygen atoms in total. The minimum atomic E-state index is -0.643. The van der Waals surface area contributed by atoms with Crippen LogP contribution in [0, 0.1) is 25.7 Å². The molecule has 3 amide bonds. The van der Waals surface area contributed by atoms with Gasteiger partial charge in [0.05, 0.1) is 23.2 Å². The van der Waals surface area contributed by atoms with Gasteiger partial charge in [0.15, 0.2) is 0 Å². The number of aryl methyl sites for hydroxylation is 2. The van der Waals surface area contributed by atoms with Gasteiger partial charge >= 0.3 is 0 Å². The van der Waals surface area contributed by atoms with Crippen molar-refractivity contribution in [2.24, 2.45) is 11.8 Å². The van der Waals surface area contributed by atoms with Crippen LogP contribution in [0.25, 0.3) is 0 Å². The number of unbranched alkanes of at least 4 members (excludes halogenated alkanes) is 3. The molecule has 2 bridgehead atoms. The van der Waals surface area contributed by atoms with E-state index in [1.807, 2.05) is 63.2 Å². The number of hydrogen-bond donors (Lipinski definition) is 3. The smallest absolute Gasteiger partial charge is 0.248 e. The van der Waals surface area contributed by atoms with E-state index in [4.69, 9.17) is 9.84 Å². The lowest BCUT2D eigenvalue weighted by Crippen LogP contribution is -2.51. The molecule has 2 aromatic carbocycles. The van der Waals surface area contributed by atoms with E-state index in [0.717, 1.165) is 61.1 Å². The topological polar surface area (TPSA) is 108 Å². The Labute approximate surface area is 246 Å². The molecule has 3 heterocycles. The van der Waals surface area contributed by atoms with Crippen LogP contribution in [0.3, 0.4) is 0 Å². The van der Waals surface area contributed by atoms with E-state index in [9.17, 15) is 14.4 Å². The third-order valence-electron chi connectivity index (χ3n) is 8.82. The lowest BCUT2D eigenvalue weighted by Gasteiger charge is -2.34. The average molecular weight is 580 g/mol. The zero-order valence-corrected chi connectivity index (χ0v) is 25.0. The van der Waals surface area contributed by atoms with E-state index in [1.54, 1.807) is 16.7 Å². The van der Waals surface area contributed by atoms with Gasteiger partial charge in [0.1, 0.15) is 11.8 Å². The number of likely N-dealkylation sites (tertiary alicyclic amines) is 1. The SMILES string of the molecule is CCOc1ccc(NC(=O)[C@@H]2[C@@H]3CCC4(S3)C(C(=O)Nc3c(C)cccc3C)N(CCCCCCO)C(=O)[C@H]24)cc1. The Balaban J connectivity index is 1.41. The summed E-state index contributed by atoms with van der Waals surface area (Å²) in [5, 5.41) is 15.4. The number of ether oxygens (including phenoxy) is 1. The lowest BCUT2D eigenvalue weighted by atomic mass is 9.70. The van der Waals surface area contributed by atoms with Crippen molar-refractivity contribution in [3.05, 3.63) is 53.6 Å². The highest BCUT2D eigenvalue weighted by atomic mass is 32.2. The van der Waals surface area contributed by atoms with Crippen molar-refractivity contribution >= 4 is 40.9 Å². The Morgan fingerprint density at radius 2 is 1.73 bits per heavy atom. The summed E-state index contributed by atoms with van der Waals surface area (Å²) >= 11 is 1.68. The van der Waals surface area contributed by atoms with Crippen molar-refractivity contribution in [2.75, 3.05) is 30.4 Å². The van der Waals surface area contributed by atoms with Crippen molar-refractivity contribution in [1.82, 2.24) is 4.90 Å². The summed E-state index contributed by atoms with van der Waals surface area (Å²) in [6.45, 7) is 7.04. The third-order valence-corrected chi connectivity index (χ3v) is 10.8. The lowest BCUT2D eigenvalue weighted by molar-refractivity contribution is -0.138. The molecule has 3 N–H and O–H groups in total. The summed E-state index contributed by atoms with van der Waals surface area (Å²) in [5.74, 6) is -0.726. The maximum absolute atomic E-state index is 14.2. The Kier molecular flexibility index (Phi) is 8.94. The summed E-state index contributed by atoms with van der Waals surface area (Å²) in [6, 6.07) is 12.5. The van der Waals surface area contributed by atoms with Gasteiger partial charge < -0.3 is 25.4 Å². The molecule has 220 valence electrons. The molecular formula is C32H41N3O5S. The van der Waals surface area contributed by atoms with Gasteiger partial charge in [-0.05, 0) is 81.8 Å². The summed E-state index contributed by atoms with van der Waals surface area (Å²) < 4.78 is 4.89. The number of hydrogen-bond acceptors (Lipinski definition) is 6. The molecule has 0 aromatic heterocycles. The number of rotatable bonds is 12. The standard InChI is InChI=1S/C32H41N3O5S/c1-4-40-23-14-12-22(13-15-23)33-29(37)25-24-16-17-32(41-24)26(25)31(39)35(18-7-5-6-8-19-36)28(32)30(38)34-27-20(2)10-9-11-21(27)3/h9-15,24-26,28,36H,4-8,16-19H2,1-3H3,(H,33,37)(H,34,38)/t24-,25+,26-,28?,32?/m0/s1. The summed E-state index contributed by atoms with van der Waals surface area (Å²) in [5.41, 5.74) is 3.40. The predicted molar refractivity (Wildman–Crippen MR) is 162 cm³/mol. The number of aliphatic hydroxyl groups is 1. The molecule has 9 heteroatoms. The van der Waals surface area contributed by atoms with Crippen LogP contribution in [0.2, 0.25) is 0 Å². The molecule has 0 aliphatic carbocycles. The minimum absolute atomic E-state index is 0.00569. The predicted octanol–water partition coefficient (Wildman–Crippen LogP) is 4.92. The van der Waals surface area contributed by atoms with Crippen LogP contribution in [0.4, 0.5) is 11.4 Å². The van der Waals surface area contributed by atoms with Crippen LogP contribution in [-0.4, -0.2) is 63.5 Å². The van der Waals surface area contributed by atoms with E-state index in [0.29, 0.717) is 18.8 Å². The van der Waals surface area contributed by atoms with Gasteiger partial charge in [0, 0.05) is 29.8 Å². The number of para-hydroxylation sites is 1. The van der Waals surface area contributed by atoms with Crippen molar-refractivity contribution in [3.63, 3.8) is 0 Å². The number of carbonyl (C=O) groups excluding carboxylic acids is 3. The number of nitrogens with zero attached hydrogens (tertiary/aromatic N) is 1. The fourth-order valence-electron chi connectivity index (χ4n) is 6.97. The van der Waals surface area contributed by atoms with Crippen LogP contribution < -0.4 is 15.4 Å². The number of thioether (sulfide) groups is 1. The van der Waals surface area contributed by atoms with Gasteiger partial charge in [-0.2, -0.15) is 0 Å². The zero-order chi connectivity index (χ0) is 29.1. The van der Waals surface area contributed by atoms with Crippen LogP contribution in [0.1, 0.15) is 56.6 Å². The number of anilines is 2. The quantitative estimate of drug-likeness (QED) is 0.308. The van der Waals surface area contributed by atoms with Crippen LogP contribution in [0.15, 0.2) is 42.5 Å². The highest BCUT2D eigenvalue weighted by Gasteiger charge is 2.73. The van der Waals surface area contributed by atoms with Gasteiger partial charge in [-0.1, -0.05) is 31.0 Å². The third kappa shape index (κ3) is 5.58. The van der Waals surface area contributed by atoms with Gasteiger partial charge in [0.2, 0.25) is 17.7 Å². The monoisotopic (exact) mass is 579 g/mol. The Bertz CT molecular complexity index is 1260. The Hall–Kier alpha value is -3.04. The normalized spacial score (nSPS) is 26.2. The summed E-state index contributed by atoms with van der Waals surface area (Å²) in [7, 11) is 0. The van der Waals surface area contributed by atoms with E-state index in [2.05, 4.69) is 10.6 Å². The molecule has 0 saturated carbocycles. The fourth-order valence-corrected chi connectivity index (χ4v) is 9.19. The van der Waals surface area contributed by atoms with E-state index < -0.39 is 22.6 Å². The molecule has 3 saturated heterocycles. The summed E-state index contributed by atoms with van der Waals surface area (Å²) in [4.78, 5) is 43.8. The molecular weight excluding hydrogens is 538 g/mol. The molecule has 5 rings (SSSR count). The number of carbonyl (C=O) groups is 3. The first-order chi connectivity index (χ1) is 19.8. The van der Waals surface area contributed by atoms with Crippen molar-refractivity contribution in [1.29, 1.82) is 0 Å². The molecule has 5 atom stereocenters. The Morgan fingerprint density at radius 3 is 2.41 bits per heavy atom. The molecule has 3 fully saturated rings. The number of fused-ring (bicyclic) bond motifs is 1. The molecule has 2 aromatic rings. The first-order valence-corrected chi connectivity index (χ1v) is 15.7. The highest BCUT2D eigenvalue weighted by molar-refractivity contribution is 8.02. The number of benzene rings is 2.